The molecule has 0 fully saturated rings. The number of allylic oxidation sites excluding steroid dienone is 4. The van der Waals surface area contributed by atoms with Crippen molar-refractivity contribution in [3.8, 4) is 6.07 Å². The van der Waals surface area contributed by atoms with Gasteiger partial charge in [-0.1, -0.05) is 42.0 Å². The van der Waals surface area contributed by atoms with E-state index in [4.69, 9.17) is 0 Å². The molecule has 0 radical (unpaired) electrons. The van der Waals surface area contributed by atoms with Crippen molar-refractivity contribution in [2.45, 2.75) is 27.2 Å². The summed E-state index contributed by atoms with van der Waals surface area (Å²) in [7, 11) is 0. The Morgan fingerprint density at radius 2 is 1.70 bits per heavy atom. The summed E-state index contributed by atoms with van der Waals surface area (Å²) >= 11 is 0. The Bertz CT molecular complexity index is 813. The third-order valence-electron chi connectivity index (χ3n) is 4.46. The molecule has 0 heterocycles. The molecular formula is C19H17N. The molecule has 2 aromatic rings. The minimum atomic E-state index is 0.806. The average Bonchev–Trinajstić information content (AvgIpc) is 2.73. The van der Waals surface area contributed by atoms with Crippen molar-refractivity contribution in [2.75, 3.05) is 0 Å². The van der Waals surface area contributed by atoms with Gasteiger partial charge in [0.2, 0.25) is 0 Å². The molecule has 20 heavy (non-hydrogen) atoms. The van der Waals surface area contributed by atoms with E-state index < -0.39 is 0 Å². The summed E-state index contributed by atoms with van der Waals surface area (Å²) in [4.78, 5) is 0. The maximum atomic E-state index is 9.61. The molecule has 0 N–H and O–H groups in total. The van der Waals surface area contributed by atoms with Gasteiger partial charge in [-0.3, -0.25) is 0 Å². The van der Waals surface area contributed by atoms with Crippen molar-refractivity contribution >= 4 is 16.3 Å². The molecule has 2 aromatic carbocycles. The molecule has 1 heteroatoms. The quantitative estimate of drug-likeness (QED) is 0.688. The van der Waals surface area contributed by atoms with Crippen LogP contribution in [0.5, 0.6) is 0 Å². The molecule has 0 amide bonds. The molecule has 1 aliphatic rings. The molecule has 1 aliphatic carbocycles. The fourth-order valence-corrected chi connectivity index (χ4v) is 3.02. The SMILES string of the molecule is CC1=C(C)C(C)=C(c2ccc3ccccc3c2C#N)C1. The molecule has 1 nitrogen and oxygen atoms in total. The minimum absolute atomic E-state index is 0.806. The lowest BCUT2D eigenvalue weighted by Gasteiger charge is -2.10. The van der Waals surface area contributed by atoms with Crippen LogP contribution >= 0.6 is 0 Å². The van der Waals surface area contributed by atoms with Crippen LogP contribution in [0.25, 0.3) is 16.3 Å². The summed E-state index contributed by atoms with van der Waals surface area (Å²) in [6.45, 7) is 6.52. The van der Waals surface area contributed by atoms with Crippen LogP contribution in [-0.4, -0.2) is 0 Å². The van der Waals surface area contributed by atoms with E-state index >= 15 is 0 Å². The summed E-state index contributed by atoms with van der Waals surface area (Å²) < 4.78 is 0. The molecule has 0 unspecified atom stereocenters. The van der Waals surface area contributed by atoms with Crippen LogP contribution in [0.3, 0.4) is 0 Å². The molecular weight excluding hydrogens is 242 g/mol. The summed E-state index contributed by atoms with van der Waals surface area (Å²) in [5, 5.41) is 11.8. The summed E-state index contributed by atoms with van der Waals surface area (Å²) in [6.07, 6.45) is 0.963. The zero-order valence-electron chi connectivity index (χ0n) is 12.1. The van der Waals surface area contributed by atoms with Gasteiger partial charge < -0.3 is 0 Å². The standard InChI is InChI=1S/C19H17N/c1-12-10-18(14(3)13(12)2)17-9-8-15-6-4-5-7-16(15)19(17)11-20/h4-9H,10H2,1-3H3. The first kappa shape index (κ1) is 12.7. The minimum Gasteiger partial charge on any atom is -0.192 e. The normalized spacial score (nSPS) is 15.1. The van der Waals surface area contributed by atoms with Crippen LogP contribution in [0.2, 0.25) is 0 Å². The summed E-state index contributed by atoms with van der Waals surface area (Å²) in [5.74, 6) is 0. The number of hydrogen-bond acceptors (Lipinski definition) is 1. The van der Waals surface area contributed by atoms with Crippen molar-refractivity contribution in [2.24, 2.45) is 0 Å². The van der Waals surface area contributed by atoms with Gasteiger partial charge in [-0.05, 0) is 54.9 Å². The van der Waals surface area contributed by atoms with Crippen LogP contribution in [0.1, 0.15) is 38.3 Å². The van der Waals surface area contributed by atoms with Crippen molar-refractivity contribution in [1.82, 2.24) is 0 Å². The number of hydrogen-bond donors (Lipinski definition) is 0. The van der Waals surface area contributed by atoms with Gasteiger partial charge in [0.25, 0.3) is 0 Å². The van der Waals surface area contributed by atoms with Crippen LogP contribution < -0.4 is 0 Å². The first-order valence-corrected chi connectivity index (χ1v) is 6.92. The lowest BCUT2D eigenvalue weighted by Crippen LogP contribution is -1.92. The van der Waals surface area contributed by atoms with Crippen molar-refractivity contribution in [3.05, 3.63) is 64.2 Å². The fraction of sp³-hybridized carbons (Fsp3) is 0.211. The molecule has 0 spiro atoms. The second-order valence-corrected chi connectivity index (χ2v) is 5.51. The first-order chi connectivity index (χ1) is 9.63. The van der Waals surface area contributed by atoms with Gasteiger partial charge in [-0.15, -0.1) is 0 Å². The Hall–Kier alpha value is -2.33. The van der Waals surface area contributed by atoms with Crippen molar-refractivity contribution in [1.29, 1.82) is 5.26 Å². The third-order valence-corrected chi connectivity index (χ3v) is 4.46. The lowest BCUT2D eigenvalue weighted by molar-refractivity contribution is 1.22. The fourth-order valence-electron chi connectivity index (χ4n) is 3.02. The van der Waals surface area contributed by atoms with Gasteiger partial charge in [0, 0.05) is 5.39 Å². The van der Waals surface area contributed by atoms with Gasteiger partial charge in [-0.2, -0.15) is 5.26 Å². The zero-order chi connectivity index (χ0) is 14.3. The maximum Gasteiger partial charge on any atom is 0.100 e. The number of fused-ring (bicyclic) bond motifs is 1. The highest BCUT2D eigenvalue weighted by Crippen LogP contribution is 2.40. The second-order valence-electron chi connectivity index (χ2n) is 5.51. The van der Waals surface area contributed by atoms with Gasteiger partial charge in [0.1, 0.15) is 6.07 Å². The van der Waals surface area contributed by atoms with Crippen molar-refractivity contribution < 1.29 is 0 Å². The van der Waals surface area contributed by atoms with Crippen LogP contribution in [0.4, 0.5) is 0 Å². The van der Waals surface area contributed by atoms with Crippen LogP contribution in [-0.2, 0) is 0 Å². The Labute approximate surface area is 119 Å². The van der Waals surface area contributed by atoms with E-state index in [0.717, 1.165) is 28.3 Å². The Balaban J connectivity index is 2.28. The van der Waals surface area contributed by atoms with Gasteiger partial charge >= 0.3 is 0 Å². The molecule has 0 saturated carbocycles. The Kier molecular flexibility index (Phi) is 2.95. The highest BCUT2D eigenvalue weighted by Gasteiger charge is 2.20. The Morgan fingerprint density at radius 1 is 0.950 bits per heavy atom. The van der Waals surface area contributed by atoms with Gasteiger partial charge in [-0.25, -0.2) is 0 Å². The molecule has 98 valence electrons. The highest BCUT2D eigenvalue weighted by molar-refractivity contribution is 5.94. The topological polar surface area (TPSA) is 23.8 Å². The van der Waals surface area contributed by atoms with Crippen LogP contribution in [0.15, 0.2) is 53.1 Å². The van der Waals surface area contributed by atoms with E-state index in [2.05, 4.69) is 45.0 Å². The smallest absolute Gasteiger partial charge is 0.100 e. The third kappa shape index (κ3) is 1.77. The largest absolute Gasteiger partial charge is 0.192 e. The summed E-state index contributed by atoms with van der Waals surface area (Å²) in [6, 6.07) is 14.7. The maximum absolute atomic E-state index is 9.61. The zero-order valence-corrected chi connectivity index (χ0v) is 12.1. The van der Waals surface area contributed by atoms with E-state index in [1.54, 1.807) is 0 Å². The number of nitriles is 1. The number of nitrogens with zero attached hydrogens (tertiary/aromatic N) is 1. The Morgan fingerprint density at radius 3 is 2.35 bits per heavy atom. The molecule has 3 rings (SSSR count). The first-order valence-electron chi connectivity index (χ1n) is 6.92. The molecule has 0 saturated heterocycles. The second kappa shape index (κ2) is 4.65. The number of rotatable bonds is 1. The lowest BCUT2D eigenvalue weighted by atomic mass is 9.92. The molecule has 0 aromatic heterocycles. The predicted molar refractivity (Wildman–Crippen MR) is 84.2 cm³/mol. The van der Waals surface area contributed by atoms with Crippen molar-refractivity contribution in [3.63, 3.8) is 0 Å². The van der Waals surface area contributed by atoms with E-state index in [9.17, 15) is 5.26 Å². The van der Waals surface area contributed by atoms with E-state index in [1.165, 1.54) is 22.3 Å². The van der Waals surface area contributed by atoms with E-state index in [-0.39, 0.29) is 0 Å². The van der Waals surface area contributed by atoms with E-state index in [1.807, 2.05) is 18.2 Å². The van der Waals surface area contributed by atoms with E-state index in [0.29, 0.717) is 0 Å². The van der Waals surface area contributed by atoms with Gasteiger partial charge in [0.15, 0.2) is 0 Å². The molecule has 0 aliphatic heterocycles. The monoisotopic (exact) mass is 259 g/mol. The van der Waals surface area contributed by atoms with Crippen LogP contribution in [0, 0.1) is 11.3 Å². The molecule has 0 atom stereocenters. The molecule has 0 bridgehead atoms. The predicted octanol–water partition coefficient (Wildman–Crippen LogP) is 5.23. The average molecular weight is 259 g/mol. The van der Waals surface area contributed by atoms with Gasteiger partial charge in [0.05, 0.1) is 5.56 Å². The number of benzene rings is 2. The highest BCUT2D eigenvalue weighted by atomic mass is 14.3. The summed E-state index contributed by atoms with van der Waals surface area (Å²) in [5.41, 5.74) is 7.32.